The van der Waals surface area contributed by atoms with Crippen LogP contribution in [0.1, 0.15) is 36.8 Å². The number of benzene rings is 2. The summed E-state index contributed by atoms with van der Waals surface area (Å²) in [5.41, 5.74) is 8.91. The Labute approximate surface area is 115 Å². The topological polar surface area (TPSA) is 0 Å². The van der Waals surface area contributed by atoms with E-state index in [-0.39, 0.29) is 0 Å². The smallest absolute Gasteiger partial charge is 0.0309 e. The van der Waals surface area contributed by atoms with Crippen molar-refractivity contribution in [2.45, 2.75) is 25.7 Å². The lowest BCUT2D eigenvalue weighted by molar-refractivity contribution is 0.886. The van der Waals surface area contributed by atoms with Gasteiger partial charge in [0.1, 0.15) is 0 Å². The first kappa shape index (κ1) is 12.0. The van der Waals surface area contributed by atoms with E-state index in [9.17, 15) is 0 Å². The molecule has 0 aromatic heterocycles. The summed E-state index contributed by atoms with van der Waals surface area (Å²) in [6.45, 7) is 0. The lowest BCUT2D eigenvalue weighted by atomic mass is 9.98. The monoisotopic (exact) mass is 246 g/mol. The normalized spacial score (nSPS) is 14.2. The van der Waals surface area contributed by atoms with Crippen molar-refractivity contribution < 1.29 is 0 Å². The number of allylic oxidation sites excluding steroid dienone is 1. The SMILES string of the molecule is C(=C1CCCC1)=C(c1ccccc1)c1ccccc1. The molecule has 19 heavy (non-hydrogen) atoms. The first-order valence-corrected chi connectivity index (χ1v) is 7.03. The highest BCUT2D eigenvalue weighted by Gasteiger charge is 2.08. The van der Waals surface area contributed by atoms with Crippen LogP contribution >= 0.6 is 0 Å². The minimum absolute atomic E-state index is 1.21. The average Bonchev–Trinajstić information content (AvgIpc) is 3.00. The summed E-state index contributed by atoms with van der Waals surface area (Å²) >= 11 is 0. The van der Waals surface area contributed by atoms with E-state index in [0.29, 0.717) is 0 Å². The summed E-state index contributed by atoms with van der Waals surface area (Å²) in [4.78, 5) is 0. The highest BCUT2D eigenvalue weighted by molar-refractivity contribution is 5.79. The quantitative estimate of drug-likeness (QED) is 0.637. The summed E-state index contributed by atoms with van der Waals surface area (Å²) < 4.78 is 0. The molecule has 0 N–H and O–H groups in total. The Kier molecular flexibility index (Phi) is 3.63. The van der Waals surface area contributed by atoms with Gasteiger partial charge in [0, 0.05) is 5.57 Å². The van der Waals surface area contributed by atoms with Crippen molar-refractivity contribution in [1.82, 2.24) is 0 Å². The van der Waals surface area contributed by atoms with Crippen molar-refractivity contribution in [3.05, 3.63) is 83.1 Å². The van der Waals surface area contributed by atoms with Gasteiger partial charge in [0.25, 0.3) is 0 Å². The molecule has 1 saturated carbocycles. The minimum Gasteiger partial charge on any atom is -0.113 e. The van der Waals surface area contributed by atoms with E-state index in [1.54, 1.807) is 0 Å². The zero-order chi connectivity index (χ0) is 12.9. The molecule has 94 valence electrons. The van der Waals surface area contributed by atoms with Crippen molar-refractivity contribution >= 4 is 5.57 Å². The van der Waals surface area contributed by atoms with Crippen molar-refractivity contribution in [2.75, 3.05) is 0 Å². The Bertz CT molecular complexity index is 550. The molecule has 3 rings (SSSR count). The van der Waals surface area contributed by atoms with Crippen molar-refractivity contribution in [1.29, 1.82) is 0 Å². The van der Waals surface area contributed by atoms with Crippen molar-refractivity contribution in [2.24, 2.45) is 0 Å². The molecule has 0 saturated heterocycles. The predicted octanol–water partition coefficient (Wildman–Crippen LogP) is 5.22. The first-order chi connectivity index (χ1) is 9.43. The maximum Gasteiger partial charge on any atom is 0.0309 e. The van der Waals surface area contributed by atoms with Crippen LogP contribution in [-0.2, 0) is 0 Å². The molecule has 0 amide bonds. The third-order valence-corrected chi connectivity index (χ3v) is 3.63. The maximum atomic E-state index is 3.68. The van der Waals surface area contributed by atoms with E-state index in [1.165, 1.54) is 48.0 Å². The number of hydrogen-bond acceptors (Lipinski definition) is 0. The third kappa shape index (κ3) is 2.86. The number of hydrogen-bond donors (Lipinski definition) is 0. The zero-order valence-electron chi connectivity index (χ0n) is 11.1. The second kappa shape index (κ2) is 5.73. The molecule has 0 radical (unpaired) electrons. The largest absolute Gasteiger partial charge is 0.113 e. The lowest BCUT2D eigenvalue weighted by Gasteiger charge is -2.06. The van der Waals surface area contributed by atoms with Crippen molar-refractivity contribution in [3.63, 3.8) is 0 Å². The fraction of sp³-hybridized carbons (Fsp3) is 0.211. The molecule has 1 aliphatic rings. The van der Waals surface area contributed by atoms with Gasteiger partial charge in [-0.05, 0) is 42.4 Å². The molecule has 0 unspecified atom stereocenters. The van der Waals surface area contributed by atoms with E-state index >= 15 is 0 Å². The van der Waals surface area contributed by atoms with Gasteiger partial charge < -0.3 is 0 Å². The molecule has 0 heterocycles. The van der Waals surface area contributed by atoms with E-state index in [4.69, 9.17) is 0 Å². The maximum absolute atomic E-state index is 3.68. The van der Waals surface area contributed by atoms with E-state index in [1.807, 2.05) is 0 Å². The van der Waals surface area contributed by atoms with Crippen LogP contribution in [0.3, 0.4) is 0 Å². The highest BCUT2D eigenvalue weighted by Crippen LogP contribution is 2.27. The van der Waals surface area contributed by atoms with Crippen LogP contribution in [0.15, 0.2) is 72.0 Å². The Morgan fingerprint density at radius 2 is 1.16 bits per heavy atom. The fourth-order valence-electron chi connectivity index (χ4n) is 2.62. The molecule has 0 heteroatoms. The second-order valence-electron chi connectivity index (χ2n) is 5.04. The van der Waals surface area contributed by atoms with E-state index < -0.39 is 0 Å². The van der Waals surface area contributed by atoms with Gasteiger partial charge in [0.15, 0.2) is 0 Å². The van der Waals surface area contributed by atoms with Crippen LogP contribution in [0, 0.1) is 0 Å². The van der Waals surface area contributed by atoms with Crippen LogP contribution in [-0.4, -0.2) is 0 Å². The molecule has 0 aliphatic heterocycles. The van der Waals surface area contributed by atoms with Crippen LogP contribution in [0.2, 0.25) is 0 Å². The summed E-state index contributed by atoms with van der Waals surface area (Å²) in [5.74, 6) is 0. The van der Waals surface area contributed by atoms with Gasteiger partial charge in [-0.2, -0.15) is 0 Å². The van der Waals surface area contributed by atoms with Crippen LogP contribution in [0.5, 0.6) is 0 Å². The molecule has 1 aliphatic carbocycles. The molecule has 1 fully saturated rings. The second-order valence-corrected chi connectivity index (χ2v) is 5.04. The number of rotatable bonds is 2. The molecule has 0 atom stereocenters. The Balaban J connectivity index is 2.14. The van der Waals surface area contributed by atoms with E-state index in [0.717, 1.165) is 0 Å². The summed E-state index contributed by atoms with van der Waals surface area (Å²) in [6, 6.07) is 21.2. The summed E-state index contributed by atoms with van der Waals surface area (Å²) in [5, 5.41) is 0. The molecule has 0 spiro atoms. The Morgan fingerprint density at radius 1 is 0.684 bits per heavy atom. The van der Waals surface area contributed by atoms with Crippen LogP contribution < -0.4 is 0 Å². The molecule has 0 bridgehead atoms. The zero-order valence-corrected chi connectivity index (χ0v) is 11.1. The standard InChI is InChI=1S/C19H18/c1-3-11-17(12-4-1)19(15-16-9-7-8-10-16)18-13-5-2-6-14-18/h1-6,11-14H,7-10H2. The molecular formula is C19H18. The molecule has 2 aromatic carbocycles. The Hall–Kier alpha value is -2.04. The van der Waals surface area contributed by atoms with Gasteiger partial charge in [-0.15, -0.1) is 5.73 Å². The molecule has 0 nitrogen and oxygen atoms in total. The third-order valence-electron chi connectivity index (χ3n) is 3.63. The molecule has 2 aromatic rings. The van der Waals surface area contributed by atoms with Gasteiger partial charge in [-0.3, -0.25) is 0 Å². The highest BCUT2D eigenvalue weighted by atomic mass is 14.1. The van der Waals surface area contributed by atoms with Gasteiger partial charge in [0.05, 0.1) is 0 Å². The fourth-order valence-corrected chi connectivity index (χ4v) is 2.62. The average molecular weight is 246 g/mol. The Morgan fingerprint density at radius 3 is 1.63 bits per heavy atom. The van der Waals surface area contributed by atoms with E-state index in [2.05, 4.69) is 66.4 Å². The van der Waals surface area contributed by atoms with Crippen LogP contribution in [0.25, 0.3) is 5.57 Å². The predicted molar refractivity (Wildman–Crippen MR) is 80.9 cm³/mol. The minimum atomic E-state index is 1.21. The molecular weight excluding hydrogens is 228 g/mol. The lowest BCUT2D eigenvalue weighted by Crippen LogP contribution is -1.86. The van der Waals surface area contributed by atoms with Gasteiger partial charge >= 0.3 is 0 Å². The van der Waals surface area contributed by atoms with Crippen molar-refractivity contribution in [3.8, 4) is 0 Å². The van der Waals surface area contributed by atoms with Crippen LogP contribution in [0.4, 0.5) is 0 Å². The first-order valence-electron chi connectivity index (χ1n) is 7.03. The summed E-state index contributed by atoms with van der Waals surface area (Å²) in [6.07, 6.45) is 5.06. The van der Waals surface area contributed by atoms with Gasteiger partial charge in [-0.1, -0.05) is 60.7 Å². The van der Waals surface area contributed by atoms with Gasteiger partial charge in [0.2, 0.25) is 0 Å². The van der Waals surface area contributed by atoms with Gasteiger partial charge in [-0.25, -0.2) is 0 Å². The summed E-state index contributed by atoms with van der Waals surface area (Å²) in [7, 11) is 0.